The molecule has 3 heterocycles. The minimum atomic E-state index is -0.700. The average molecular weight is 406 g/mol. The van der Waals surface area contributed by atoms with Gasteiger partial charge in [0, 0.05) is 35.2 Å². The van der Waals surface area contributed by atoms with Crippen LogP contribution >= 0.6 is 11.6 Å². The van der Waals surface area contributed by atoms with E-state index in [9.17, 15) is 9.90 Å². The number of esters is 1. The number of piperidine rings is 1. The second-order valence-electron chi connectivity index (χ2n) is 8.98. The molecule has 5 heteroatoms. The first-order valence-electron chi connectivity index (χ1n) is 10.8. The molecule has 0 aromatic rings. The monoisotopic (exact) mass is 405 g/mol. The zero-order valence-electron chi connectivity index (χ0n) is 16.8. The van der Waals surface area contributed by atoms with Crippen LogP contribution in [0.4, 0.5) is 0 Å². The normalized spacial score (nSPS) is 42.9. The van der Waals surface area contributed by atoms with Gasteiger partial charge in [0.1, 0.15) is 0 Å². The minimum absolute atomic E-state index is 0.172. The van der Waals surface area contributed by atoms with Gasteiger partial charge in [0.2, 0.25) is 0 Å². The predicted octanol–water partition coefficient (Wildman–Crippen LogP) is 4.33. The summed E-state index contributed by atoms with van der Waals surface area (Å²) < 4.78 is 5.50. The number of carbonyl (C=O) groups excluding carboxylic acids is 1. The fourth-order valence-electron chi connectivity index (χ4n) is 6.10. The number of rotatable bonds is 0. The molecule has 2 fully saturated rings. The molecule has 1 saturated carbocycles. The summed E-state index contributed by atoms with van der Waals surface area (Å²) in [6.07, 6.45) is 15.8. The zero-order chi connectivity index (χ0) is 19.7. The van der Waals surface area contributed by atoms with Gasteiger partial charge in [0.25, 0.3) is 0 Å². The quantitative estimate of drug-likeness (QED) is 0.481. The maximum absolute atomic E-state index is 12.7. The van der Waals surface area contributed by atoms with Crippen molar-refractivity contribution in [2.45, 2.75) is 76.0 Å². The molecule has 4 nitrogen and oxygen atoms in total. The number of aliphatic hydroxyl groups is 1. The van der Waals surface area contributed by atoms with Gasteiger partial charge in [0.15, 0.2) is 0 Å². The zero-order valence-corrected chi connectivity index (χ0v) is 17.5. The molecule has 0 unspecified atom stereocenters. The second kappa shape index (κ2) is 8.33. The molecule has 2 bridgehead atoms. The Balaban J connectivity index is 1.69. The largest absolute Gasteiger partial charge is 0.462 e. The van der Waals surface area contributed by atoms with E-state index in [2.05, 4.69) is 24.0 Å². The van der Waals surface area contributed by atoms with Crippen LogP contribution in [0.5, 0.6) is 0 Å². The Hall–Kier alpha value is -1.10. The second-order valence-corrected chi connectivity index (χ2v) is 9.46. The Kier molecular flexibility index (Phi) is 6.01. The van der Waals surface area contributed by atoms with E-state index in [1.54, 1.807) is 6.08 Å². The number of halogens is 1. The van der Waals surface area contributed by atoms with Crippen molar-refractivity contribution in [1.82, 2.24) is 4.90 Å². The van der Waals surface area contributed by atoms with Crippen molar-refractivity contribution in [2.24, 2.45) is 11.8 Å². The summed E-state index contributed by atoms with van der Waals surface area (Å²) in [4.78, 5) is 15.3. The van der Waals surface area contributed by atoms with Crippen molar-refractivity contribution in [2.75, 3.05) is 13.2 Å². The van der Waals surface area contributed by atoms with Crippen LogP contribution in [0, 0.1) is 11.8 Å². The molecule has 3 aliphatic heterocycles. The van der Waals surface area contributed by atoms with Gasteiger partial charge in [0.05, 0.1) is 12.7 Å². The van der Waals surface area contributed by atoms with Crippen LogP contribution < -0.4 is 0 Å². The molecule has 154 valence electrons. The van der Waals surface area contributed by atoms with Crippen molar-refractivity contribution in [3.63, 3.8) is 0 Å². The van der Waals surface area contributed by atoms with E-state index in [0.29, 0.717) is 35.9 Å². The summed E-state index contributed by atoms with van der Waals surface area (Å²) in [5.41, 5.74) is 0.979. The third-order valence-electron chi connectivity index (χ3n) is 7.39. The SMILES string of the molecule is C[C@H]1/C=C\[C@@H](O)/C=C(/Cl)CCOC(=O)C2=CC[C@H]3CCC[C@]4(CCC[C@H]14)N3C2. The van der Waals surface area contributed by atoms with E-state index >= 15 is 0 Å². The number of aliphatic hydroxyl groups excluding tert-OH is 1. The molecule has 1 saturated heterocycles. The number of nitrogens with zero attached hydrogens (tertiary/aromatic N) is 1. The summed E-state index contributed by atoms with van der Waals surface area (Å²) >= 11 is 6.22. The van der Waals surface area contributed by atoms with Crippen molar-refractivity contribution in [3.05, 3.63) is 34.9 Å². The molecule has 1 aliphatic carbocycles. The van der Waals surface area contributed by atoms with Crippen molar-refractivity contribution >= 4 is 17.6 Å². The predicted molar refractivity (Wildman–Crippen MR) is 111 cm³/mol. The number of fused-ring (bicyclic) bond motifs is 1. The standard InChI is InChI=1S/C23H32ClNO3/c1-16-6-9-20(26)14-18(24)10-13-28-22(27)17-7-8-19-4-2-11-23(25(19)15-17)12-3-5-21(16)23/h6-7,9,14,16,19-21,26H,2-5,8,10-13,15H2,1H3/b9-6-,18-14+/t16-,19+,20+,21+,23+/m0/s1. The fourth-order valence-corrected chi connectivity index (χ4v) is 6.30. The Labute approximate surface area is 173 Å². The molecule has 1 spiro atoms. The lowest BCUT2D eigenvalue weighted by Crippen LogP contribution is -2.61. The molecule has 0 aromatic carbocycles. The van der Waals surface area contributed by atoms with Crippen LogP contribution in [-0.2, 0) is 9.53 Å². The highest BCUT2D eigenvalue weighted by atomic mass is 35.5. The molecule has 28 heavy (non-hydrogen) atoms. The molecule has 0 aromatic heterocycles. The molecular formula is C23H32ClNO3. The smallest absolute Gasteiger partial charge is 0.335 e. The lowest BCUT2D eigenvalue weighted by Gasteiger charge is -2.55. The van der Waals surface area contributed by atoms with Gasteiger partial charge < -0.3 is 9.84 Å². The Morgan fingerprint density at radius 2 is 2.04 bits per heavy atom. The van der Waals surface area contributed by atoms with Crippen molar-refractivity contribution in [3.8, 4) is 0 Å². The molecule has 1 N–H and O–H groups in total. The number of hydrogen-bond acceptors (Lipinski definition) is 4. The van der Waals surface area contributed by atoms with E-state index in [1.165, 1.54) is 38.5 Å². The fraction of sp³-hybridized carbons (Fsp3) is 0.696. The molecule has 4 aliphatic rings. The van der Waals surface area contributed by atoms with E-state index < -0.39 is 6.10 Å². The lowest BCUT2D eigenvalue weighted by atomic mass is 9.70. The first-order chi connectivity index (χ1) is 13.5. The molecule has 5 atom stereocenters. The third-order valence-corrected chi connectivity index (χ3v) is 7.70. The van der Waals surface area contributed by atoms with E-state index in [0.717, 1.165) is 12.0 Å². The summed E-state index contributed by atoms with van der Waals surface area (Å²) in [7, 11) is 0. The number of hydrogen-bond donors (Lipinski definition) is 1. The van der Waals surface area contributed by atoms with Crippen molar-refractivity contribution in [1.29, 1.82) is 0 Å². The maximum atomic E-state index is 12.7. The topological polar surface area (TPSA) is 49.8 Å². The van der Waals surface area contributed by atoms with Gasteiger partial charge in [-0.25, -0.2) is 4.79 Å². The molecule has 0 amide bonds. The summed E-state index contributed by atoms with van der Waals surface area (Å²) in [5.74, 6) is 0.730. The van der Waals surface area contributed by atoms with Gasteiger partial charge >= 0.3 is 5.97 Å². The Morgan fingerprint density at radius 3 is 2.86 bits per heavy atom. The van der Waals surface area contributed by atoms with Gasteiger partial charge in [-0.1, -0.05) is 49.6 Å². The summed E-state index contributed by atoms with van der Waals surface area (Å²) in [6.45, 7) is 3.24. The Morgan fingerprint density at radius 1 is 1.25 bits per heavy atom. The number of cyclic esters (lactones) is 1. The first kappa shape index (κ1) is 20.2. The van der Waals surface area contributed by atoms with Crippen LogP contribution in [0.15, 0.2) is 34.9 Å². The van der Waals surface area contributed by atoms with E-state index in [1.807, 2.05) is 6.08 Å². The summed E-state index contributed by atoms with van der Waals surface area (Å²) in [6, 6.07) is 0.541. The van der Waals surface area contributed by atoms with Crippen LogP contribution in [0.1, 0.15) is 58.3 Å². The highest BCUT2D eigenvalue weighted by molar-refractivity contribution is 6.29. The summed E-state index contributed by atoms with van der Waals surface area (Å²) in [5, 5.41) is 10.8. The molecule has 0 radical (unpaired) electrons. The van der Waals surface area contributed by atoms with Crippen LogP contribution in [0.25, 0.3) is 0 Å². The first-order valence-corrected chi connectivity index (χ1v) is 11.2. The highest BCUT2D eigenvalue weighted by Gasteiger charge is 2.52. The lowest BCUT2D eigenvalue weighted by molar-refractivity contribution is -0.140. The van der Waals surface area contributed by atoms with Crippen LogP contribution in [0.2, 0.25) is 0 Å². The number of allylic oxidation sites excluding steroid dienone is 1. The van der Waals surface area contributed by atoms with E-state index in [4.69, 9.17) is 16.3 Å². The Bertz CT molecular complexity index is 700. The number of carbonyl (C=O) groups is 1. The maximum Gasteiger partial charge on any atom is 0.335 e. The molecular weight excluding hydrogens is 374 g/mol. The number of ether oxygens (including phenoxy) is 1. The minimum Gasteiger partial charge on any atom is -0.462 e. The highest BCUT2D eigenvalue weighted by Crippen LogP contribution is 2.52. The van der Waals surface area contributed by atoms with Gasteiger partial charge in [-0.05, 0) is 50.0 Å². The molecule has 4 rings (SSSR count). The van der Waals surface area contributed by atoms with Crippen LogP contribution in [-0.4, -0.2) is 46.8 Å². The van der Waals surface area contributed by atoms with E-state index in [-0.39, 0.29) is 18.1 Å². The van der Waals surface area contributed by atoms with Gasteiger partial charge in [-0.2, -0.15) is 0 Å². The average Bonchev–Trinajstić information content (AvgIpc) is 3.09. The van der Waals surface area contributed by atoms with Crippen LogP contribution in [0.3, 0.4) is 0 Å². The van der Waals surface area contributed by atoms with Gasteiger partial charge in [-0.3, -0.25) is 4.90 Å². The van der Waals surface area contributed by atoms with Gasteiger partial charge in [-0.15, -0.1) is 0 Å². The third kappa shape index (κ3) is 3.83. The van der Waals surface area contributed by atoms with Crippen molar-refractivity contribution < 1.29 is 14.6 Å².